The number of hydrogen-bond donors (Lipinski definition) is 4. The molecule has 0 aromatic carbocycles. The summed E-state index contributed by atoms with van der Waals surface area (Å²) in [6.45, 7) is 1.80. The second-order valence-corrected chi connectivity index (χ2v) is 8.56. The van der Waals surface area contributed by atoms with Crippen LogP contribution in [0.25, 0.3) is 6.08 Å². The Morgan fingerprint density at radius 3 is 2.85 bits per heavy atom. The number of aliphatic hydroxyl groups excluding tert-OH is 1. The van der Waals surface area contributed by atoms with Crippen LogP contribution in [0.15, 0.2) is 21.9 Å². The molecule has 0 fully saturated rings. The fourth-order valence-electron chi connectivity index (χ4n) is 1.98. The molecule has 26 heavy (non-hydrogen) atoms. The molecule has 4 N–H and O–H groups in total. The van der Waals surface area contributed by atoms with Crippen LogP contribution in [0.5, 0.6) is 0 Å². The number of rotatable bonds is 12. The van der Waals surface area contributed by atoms with Crippen LogP contribution in [-0.4, -0.2) is 54.4 Å². The number of amides is 1. The Hall–Kier alpha value is -1.65. The summed E-state index contributed by atoms with van der Waals surface area (Å²) >= 11 is 1.61. The molecule has 0 aliphatic rings. The summed E-state index contributed by atoms with van der Waals surface area (Å²) in [5.41, 5.74) is -1.13. The second kappa shape index (κ2) is 12.7. The maximum atomic E-state index is 12.0. The molecule has 1 aromatic rings. The van der Waals surface area contributed by atoms with Crippen molar-refractivity contribution < 1.29 is 14.1 Å². The molecule has 0 radical (unpaired) electrons. The van der Waals surface area contributed by atoms with Gasteiger partial charge in [-0.3, -0.25) is 18.8 Å². The Balaban J connectivity index is 2.44. The molecule has 0 saturated carbocycles. The van der Waals surface area contributed by atoms with Gasteiger partial charge in [-0.1, -0.05) is 19.8 Å². The minimum Gasteiger partial charge on any atom is -0.394 e. The van der Waals surface area contributed by atoms with Gasteiger partial charge < -0.3 is 15.4 Å². The van der Waals surface area contributed by atoms with Gasteiger partial charge in [-0.2, -0.15) is 0 Å². The molecule has 0 aliphatic carbocycles. The van der Waals surface area contributed by atoms with Gasteiger partial charge in [-0.25, -0.2) is 4.79 Å². The van der Waals surface area contributed by atoms with Crippen LogP contribution >= 0.6 is 11.8 Å². The first-order valence-electron chi connectivity index (χ1n) is 8.30. The van der Waals surface area contributed by atoms with Gasteiger partial charge in [0.05, 0.1) is 23.3 Å². The van der Waals surface area contributed by atoms with E-state index in [0.717, 1.165) is 31.1 Å². The van der Waals surface area contributed by atoms with Crippen LogP contribution in [0.3, 0.4) is 0 Å². The number of hydrogen-bond acceptors (Lipinski definition) is 6. The van der Waals surface area contributed by atoms with Gasteiger partial charge in [0, 0.05) is 28.8 Å². The van der Waals surface area contributed by atoms with Gasteiger partial charge >= 0.3 is 5.69 Å². The van der Waals surface area contributed by atoms with E-state index < -0.39 is 34.0 Å². The number of aromatic nitrogens is 2. The summed E-state index contributed by atoms with van der Waals surface area (Å²) in [6, 6.07) is -0.627. The van der Waals surface area contributed by atoms with Crippen LogP contribution in [0.1, 0.15) is 31.7 Å². The standard InChI is InChI=1S/C16H25N3O5S2/c1-2-3-4-7-25-11-26(24)10-13(9-20)18-14(21)6-5-12-8-17-16(23)19-15(12)22/h5-6,8,13,20H,2-4,7,9-11H2,1H3,(H,18,21)(H2,17,19,22,23)/b6-5+/t13-,26+/m0/s1. The van der Waals surface area contributed by atoms with Crippen LogP contribution in [-0.2, 0) is 15.6 Å². The summed E-state index contributed by atoms with van der Waals surface area (Å²) in [7, 11) is -1.15. The fourth-order valence-corrected chi connectivity index (χ4v) is 4.62. The third-order valence-electron chi connectivity index (χ3n) is 3.32. The Bertz CT molecular complexity index is 729. The van der Waals surface area contributed by atoms with Crippen molar-refractivity contribution in [2.24, 2.45) is 0 Å². The summed E-state index contributed by atoms with van der Waals surface area (Å²) in [5, 5.41) is 12.4. The normalized spacial score (nSPS) is 13.6. The van der Waals surface area contributed by atoms with E-state index in [1.807, 2.05) is 4.98 Å². The zero-order valence-corrected chi connectivity index (χ0v) is 16.3. The highest BCUT2D eigenvalue weighted by atomic mass is 32.2. The molecular formula is C16H25N3O5S2. The first-order valence-corrected chi connectivity index (χ1v) is 10.9. The quantitative estimate of drug-likeness (QED) is 0.291. The van der Waals surface area contributed by atoms with E-state index in [9.17, 15) is 23.7 Å². The molecule has 1 amide bonds. The summed E-state index contributed by atoms with van der Waals surface area (Å²) in [5.74, 6) is 0.588. The van der Waals surface area contributed by atoms with E-state index >= 15 is 0 Å². The third kappa shape index (κ3) is 9.16. The fraction of sp³-hybridized carbons (Fsp3) is 0.562. The van der Waals surface area contributed by atoms with E-state index in [-0.39, 0.29) is 17.9 Å². The van der Waals surface area contributed by atoms with Crippen LogP contribution in [0, 0.1) is 0 Å². The van der Waals surface area contributed by atoms with Crippen molar-refractivity contribution in [3.8, 4) is 0 Å². The summed E-state index contributed by atoms with van der Waals surface area (Å²) < 4.78 is 12.0. The molecule has 0 spiro atoms. The van der Waals surface area contributed by atoms with Crippen LogP contribution in [0.2, 0.25) is 0 Å². The molecule has 1 heterocycles. The van der Waals surface area contributed by atoms with E-state index in [1.165, 1.54) is 12.3 Å². The molecule has 0 aliphatic heterocycles. The average Bonchev–Trinajstić information content (AvgIpc) is 2.60. The minimum atomic E-state index is -1.15. The predicted octanol–water partition coefficient (Wildman–Crippen LogP) is 0.183. The molecule has 146 valence electrons. The lowest BCUT2D eigenvalue weighted by Crippen LogP contribution is -2.40. The summed E-state index contributed by atoms with van der Waals surface area (Å²) in [6.07, 6.45) is 6.94. The number of aliphatic hydroxyl groups is 1. The SMILES string of the molecule is CCCCCSC[S@](=O)C[C@H](CO)NC(=O)/C=C/c1c[nH]c(=O)[nH]c1=O. The first kappa shape index (κ1) is 22.4. The van der Waals surface area contributed by atoms with Crippen molar-refractivity contribution in [3.05, 3.63) is 38.7 Å². The van der Waals surface area contributed by atoms with Gasteiger partial charge in [0.15, 0.2) is 0 Å². The number of aromatic amines is 2. The summed E-state index contributed by atoms with van der Waals surface area (Å²) in [4.78, 5) is 38.6. The van der Waals surface area contributed by atoms with Crippen molar-refractivity contribution >= 4 is 34.5 Å². The average molecular weight is 404 g/mol. The lowest BCUT2D eigenvalue weighted by molar-refractivity contribution is -0.117. The molecule has 0 bridgehead atoms. The molecule has 8 nitrogen and oxygen atoms in total. The zero-order chi connectivity index (χ0) is 19.4. The number of thioether (sulfide) groups is 1. The minimum absolute atomic E-state index is 0.118. The number of H-pyrrole nitrogens is 2. The van der Waals surface area contributed by atoms with Crippen molar-refractivity contribution in [1.82, 2.24) is 15.3 Å². The molecule has 0 saturated heterocycles. The Morgan fingerprint density at radius 2 is 2.19 bits per heavy atom. The smallest absolute Gasteiger partial charge is 0.325 e. The van der Waals surface area contributed by atoms with Crippen molar-refractivity contribution in [2.45, 2.75) is 32.2 Å². The number of carbonyl (C=O) groups is 1. The topological polar surface area (TPSA) is 132 Å². The van der Waals surface area contributed by atoms with Crippen molar-refractivity contribution in [2.75, 3.05) is 23.2 Å². The highest BCUT2D eigenvalue weighted by Crippen LogP contribution is 2.08. The van der Waals surface area contributed by atoms with Crippen molar-refractivity contribution in [1.29, 1.82) is 0 Å². The molecule has 1 aromatic heterocycles. The predicted molar refractivity (Wildman–Crippen MR) is 106 cm³/mol. The van der Waals surface area contributed by atoms with E-state index in [2.05, 4.69) is 17.2 Å². The Labute approximate surface area is 158 Å². The lowest BCUT2D eigenvalue weighted by atomic mass is 10.3. The maximum Gasteiger partial charge on any atom is 0.325 e. The van der Waals surface area contributed by atoms with Crippen LogP contribution < -0.4 is 16.6 Å². The van der Waals surface area contributed by atoms with Gasteiger partial charge in [0.25, 0.3) is 5.56 Å². The lowest BCUT2D eigenvalue weighted by Gasteiger charge is -2.14. The number of carbonyl (C=O) groups excluding carboxylic acids is 1. The highest BCUT2D eigenvalue weighted by molar-refractivity contribution is 8.10. The second-order valence-electron chi connectivity index (χ2n) is 5.59. The molecule has 0 unspecified atom stereocenters. The van der Waals surface area contributed by atoms with Gasteiger partial charge in [-0.15, -0.1) is 11.8 Å². The number of unbranched alkanes of at least 4 members (excludes halogenated alkanes) is 2. The monoisotopic (exact) mass is 403 g/mol. The van der Waals surface area contributed by atoms with Gasteiger partial charge in [0.1, 0.15) is 0 Å². The Kier molecular flexibility index (Phi) is 10.9. The maximum absolute atomic E-state index is 12.0. The van der Waals surface area contributed by atoms with Crippen molar-refractivity contribution in [3.63, 3.8) is 0 Å². The van der Waals surface area contributed by atoms with Gasteiger partial charge in [-0.05, 0) is 18.2 Å². The molecule has 10 heteroatoms. The van der Waals surface area contributed by atoms with Gasteiger partial charge in [0.2, 0.25) is 5.91 Å². The van der Waals surface area contributed by atoms with E-state index in [1.54, 1.807) is 11.8 Å². The first-order chi connectivity index (χ1) is 12.5. The van der Waals surface area contributed by atoms with Crippen LogP contribution in [0.4, 0.5) is 0 Å². The highest BCUT2D eigenvalue weighted by Gasteiger charge is 2.13. The molecular weight excluding hydrogens is 378 g/mol. The molecule has 1 rings (SSSR count). The zero-order valence-electron chi connectivity index (χ0n) is 14.7. The van der Waals surface area contributed by atoms with E-state index in [0.29, 0.717) is 5.08 Å². The third-order valence-corrected chi connectivity index (χ3v) is 6.39. The molecule has 2 atom stereocenters. The number of nitrogens with one attached hydrogen (secondary N) is 3. The largest absolute Gasteiger partial charge is 0.394 e. The Morgan fingerprint density at radius 1 is 1.42 bits per heavy atom. The van der Waals surface area contributed by atoms with E-state index in [4.69, 9.17) is 0 Å².